The first kappa shape index (κ1) is 14.6. The topological polar surface area (TPSA) is 113 Å². The van der Waals surface area contributed by atoms with Gasteiger partial charge in [-0.15, -0.1) is 0 Å². The van der Waals surface area contributed by atoms with Crippen LogP contribution in [0.2, 0.25) is 0 Å². The van der Waals surface area contributed by atoms with Crippen molar-refractivity contribution in [2.45, 2.75) is 0 Å². The highest BCUT2D eigenvalue weighted by Gasteiger charge is 2.11. The van der Waals surface area contributed by atoms with Crippen LogP contribution in [-0.2, 0) is 10.4 Å². The van der Waals surface area contributed by atoms with Gasteiger partial charge in [-0.05, 0) is 12.1 Å². The van der Waals surface area contributed by atoms with Crippen molar-refractivity contribution < 1.29 is 30.7 Å². The Morgan fingerprint density at radius 3 is 1.94 bits per heavy atom. The summed E-state index contributed by atoms with van der Waals surface area (Å²) in [5.74, 6) is 0.716. The maximum absolute atomic E-state index is 12.5. The molecule has 92 valence electrons. The van der Waals surface area contributed by atoms with Gasteiger partial charge in [0, 0.05) is 0 Å². The van der Waals surface area contributed by atoms with E-state index in [4.69, 9.17) is 23.4 Å². The zero-order valence-electron chi connectivity index (χ0n) is 7.49. The Balaban J connectivity index is 0.000000385. The van der Waals surface area contributed by atoms with Gasteiger partial charge in [0.05, 0.1) is 5.69 Å². The van der Waals surface area contributed by atoms with Crippen LogP contribution >= 0.6 is 0 Å². The van der Waals surface area contributed by atoms with Gasteiger partial charge in [-0.1, -0.05) is 0 Å². The second kappa shape index (κ2) is 5.65. The minimum Gasteiger partial charge on any atom is -0.321 e. The zero-order chi connectivity index (χ0) is 12.9. The molecule has 6 nitrogen and oxygen atoms in total. The van der Waals surface area contributed by atoms with Crippen LogP contribution in [-0.4, -0.2) is 17.5 Å². The lowest BCUT2D eigenvalue weighted by Gasteiger charge is -2.01. The molecule has 10 heteroatoms. The smallest absolute Gasteiger partial charge is 0.321 e. The minimum absolute atomic E-state index is 0.274. The van der Waals surface area contributed by atoms with Crippen LogP contribution in [0.4, 0.5) is 18.9 Å². The summed E-state index contributed by atoms with van der Waals surface area (Å²) in [5.41, 5.74) is 1.61. The summed E-state index contributed by atoms with van der Waals surface area (Å²) in [5, 5.41) is 0. The first-order valence-electron chi connectivity index (χ1n) is 3.46. The normalized spacial score (nSPS) is 10.4. The molecule has 0 heterocycles. The molecule has 0 aliphatic carbocycles. The van der Waals surface area contributed by atoms with E-state index in [0.717, 1.165) is 12.1 Å². The van der Waals surface area contributed by atoms with Crippen molar-refractivity contribution in [3.63, 3.8) is 0 Å². The van der Waals surface area contributed by atoms with Crippen molar-refractivity contribution >= 4 is 16.1 Å². The number of rotatable bonds is 1. The fourth-order valence-electron chi connectivity index (χ4n) is 0.637. The molecular weight excluding hydrogens is 253 g/mol. The number of anilines is 1. The third kappa shape index (κ3) is 5.50. The number of halogens is 3. The maximum atomic E-state index is 12.5. The zero-order valence-corrected chi connectivity index (χ0v) is 8.30. The molecule has 1 aromatic rings. The Morgan fingerprint density at radius 1 is 1.12 bits per heavy atom. The summed E-state index contributed by atoms with van der Waals surface area (Å²) in [6.45, 7) is 0. The Bertz CT molecular complexity index is 457. The number of nitrogens with two attached hydrogens (primary N) is 1. The van der Waals surface area contributed by atoms with E-state index in [1.807, 2.05) is 5.43 Å². The monoisotopic (exact) mass is 260 g/mol. The minimum atomic E-state index is -4.67. The summed E-state index contributed by atoms with van der Waals surface area (Å²) in [4.78, 5) is 0. The average molecular weight is 260 g/mol. The molecule has 1 aromatic carbocycles. The molecule has 0 bridgehead atoms. The van der Waals surface area contributed by atoms with E-state index in [-0.39, 0.29) is 5.69 Å². The molecule has 0 aromatic heterocycles. The quantitative estimate of drug-likeness (QED) is 0.256. The standard InChI is InChI=1S/C6H5F3N2.H2O4S/c7-3-1-2-4(11-10)6(9)5(3)8;1-5(2,3)4/h1-2,11H,10H2;(H2,1,2,3,4). The molecule has 1 rings (SSSR count). The lowest BCUT2D eigenvalue weighted by atomic mass is 10.3. The van der Waals surface area contributed by atoms with E-state index in [1.54, 1.807) is 0 Å². The number of hydrogen-bond acceptors (Lipinski definition) is 4. The number of nitrogen functional groups attached to an aromatic ring is 1. The Kier molecular flexibility index (Phi) is 5.17. The van der Waals surface area contributed by atoms with Gasteiger partial charge in [0.1, 0.15) is 0 Å². The lowest BCUT2D eigenvalue weighted by molar-refractivity contribution is 0.381. The van der Waals surface area contributed by atoms with Crippen LogP contribution in [0.5, 0.6) is 0 Å². The van der Waals surface area contributed by atoms with Crippen molar-refractivity contribution in [3.8, 4) is 0 Å². The third-order valence-corrected chi connectivity index (χ3v) is 1.19. The first-order chi connectivity index (χ1) is 7.16. The summed E-state index contributed by atoms with van der Waals surface area (Å²) >= 11 is 0. The molecule has 0 unspecified atom stereocenters. The Morgan fingerprint density at radius 2 is 1.56 bits per heavy atom. The Labute approximate surface area is 88.4 Å². The van der Waals surface area contributed by atoms with Crippen LogP contribution in [0.25, 0.3) is 0 Å². The van der Waals surface area contributed by atoms with Gasteiger partial charge in [-0.25, -0.2) is 13.2 Å². The van der Waals surface area contributed by atoms with Crippen LogP contribution in [0, 0.1) is 17.5 Å². The van der Waals surface area contributed by atoms with Crippen LogP contribution in [0.3, 0.4) is 0 Å². The van der Waals surface area contributed by atoms with Gasteiger partial charge in [-0.3, -0.25) is 14.9 Å². The van der Waals surface area contributed by atoms with Crippen molar-refractivity contribution in [1.29, 1.82) is 0 Å². The fourth-order valence-corrected chi connectivity index (χ4v) is 0.637. The molecule has 0 aliphatic heterocycles. The fraction of sp³-hybridized carbons (Fsp3) is 0. The molecule has 0 amide bonds. The molecule has 0 aliphatic rings. The molecule has 0 saturated carbocycles. The van der Waals surface area contributed by atoms with E-state index in [0.29, 0.717) is 0 Å². The lowest BCUT2D eigenvalue weighted by Crippen LogP contribution is -2.09. The highest BCUT2D eigenvalue weighted by Crippen LogP contribution is 2.17. The molecule has 0 spiro atoms. The van der Waals surface area contributed by atoms with E-state index in [9.17, 15) is 13.2 Å². The van der Waals surface area contributed by atoms with Gasteiger partial charge in [0.2, 0.25) is 0 Å². The molecule has 0 radical (unpaired) electrons. The number of hydrogen-bond donors (Lipinski definition) is 4. The predicted molar refractivity (Wildman–Crippen MR) is 48.3 cm³/mol. The highest BCUT2D eigenvalue weighted by molar-refractivity contribution is 7.79. The number of hydrazine groups is 1. The van der Waals surface area contributed by atoms with Crippen molar-refractivity contribution in [1.82, 2.24) is 0 Å². The molecule has 0 atom stereocenters. The predicted octanol–water partition coefficient (Wildman–Crippen LogP) is 0.737. The second-order valence-electron chi connectivity index (χ2n) is 2.32. The maximum Gasteiger partial charge on any atom is 0.394 e. The summed E-state index contributed by atoms with van der Waals surface area (Å²) in [6, 6.07) is 1.79. The molecule has 16 heavy (non-hydrogen) atoms. The first-order valence-corrected chi connectivity index (χ1v) is 4.86. The van der Waals surface area contributed by atoms with Gasteiger partial charge in [-0.2, -0.15) is 8.42 Å². The van der Waals surface area contributed by atoms with E-state index >= 15 is 0 Å². The van der Waals surface area contributed by atoms with Crippen molar-refractivity contribution in [3.05, 3.63) is 29.6 Å². The van der Waals surface area contributed by atoms with Gasteiger partial charge in [0.25, 0.3) is 0 Å². The number of benzene rings is 1. The second-order valence-corrected chi connectivity index (χ2v) is 3.21. The van der Waals surface area contributed by atoms with Gasteiger partial charge in [0.15, 0.2) is 17.5 Å². The van der Waals surface area contributed by atoms with Crippen LogP contribution < -0.4 is 11.3 Å². The number of nitrogens with one attached hydrogen (secondary N) is 1. The van der Waals surface area contributed by atoms with Crippen molar-refractivity contribution in [2.24, 2.45) is 5.84 Å². The molecule has 5 N–H and O–H groups in total. The van der Waals surface area contributed by atoms with Gasteiger partial charge < -0.3 is 5.43 Å². The van der Waals surface area contributed by atoms with E-state index in [2.05, 4.69) is 0 Å². The van der Waals surface area contributed by atoms with Crippen molar-refractivity contribution in [2.75, 3.05) is 5.43 Å². The molecular formula is C6H7F3N2O4S. The summed E-state index contributed by atoms with van der Waals surface area (Å²) in [6.07, 6.45) is 0. The molecule has 0 fully saturated rings. The summed E-state index contributed by atoms with van der Waals surface area (Å²) < 4.78 is 68.6. The SMILES string of the molecule is NNc1ccc(F)c(F)c1F.O=S(=O)(O)O. The van der Waals surface area contributed by atoms with Gasteiger partial charge >= 0.3 is 10.4 Å². The Hall–Kier alpha value is -1.36. The van der Waals surface area contributed by atoms with E-state index < -0.39 is 27.9 Å². The van der Waals surface area contributed by atoms with Crippen LogP contribution in [0.15, 0.2) is 12.1 Å². The highest BCUT2D eigenvalue weighted by atomic mass is 32.3. The molecule has 0 saturated heterocycles. The largest absolute Gasteiger partial charge is 0.394 e. The van der Waals surface area contributed by atoms with E-state index in [1.165, 1.54) is 0 Å². The average Bonchev–Trinajstić information content (AvgIpc) is 2.12. The third-order valence-electron chi connectivity index (χ3n) is 1.19. The van der Waals surface area contributed by atoms with Crippen LogP contribution in [0.1, 0.15) is 0 Å². The summed E-state index contributed by atoms with van der Waals surface area (Å²) in [7, 11) is -4.67.